The van der Waals surface area contributed by atoms with E-state index in [4.69, 9.17) is 23.2 Å². The van der Waals surface area contributed by atoms with E-state index in [9.17, 15) is 13.5 Å². The van der Waals surface area contributed by atoms with Crippen LogP contribution in [0.4, 0.5) is 0 Å². The van der Waals surface area contributed by atoms with Gasteiger partial charge in [0.1, 0.15) is 10.6 Å². The van der Waals surface area contributed by atoms with Crippen LogP contribution in [0.2, 0.25) is 10.0 Å². The summed E-state index contributed by atoms with van der Waals surface area (Å²) in [6, 6.07) is 2.92. The highest BCUT2D eigenvalue weighted by molar-refractivity contribution is 7.99. The molecule has 22 heavy (non-hydrogen) atoms. The Labute approximate surface area is 142 Å². The van der Waals surface area contributed by atoms with Gasteiger partial charge in [-0.05, 0) is 12.1 Å². The minimum absolute atomic E-state index is 0.203. The van der Waals surface area contributed by atoms with Crippen molar-refractivity contribution in [2.75, 3.05) is 24.6 Å². The molecule has 0 bridgehead atoms. The Morgan fingerprint density at radius 3 is 2.50 bits per heavy atom. The van der Waals surface area contributed by atoms with E-state index in [1.807, 2.05) is 0 Å². The number of halogens is 2. The van der Waals surface area contributed by atoms with Gasteiger partial charge in [-0.15, -0.1) is 0 Å². The zero-order valence-corrected chi connectivity index (χ0v) is 14.4. The second-order valence-electron chi connectivity index (χ2n) is 4.77. The van der Waals surface area contributed by atoms with Gasteiger partial charge in [0.25, 0.3) is 0 Å². The molecule has 1 aromatic carbocycles. The van der Waals surface area contributed by atoms with Gasteiger partial charge >= 0.3 is 0 Å². The topological polar surface area (TPSA) is 70.5 Å². The van der Waals surface area contributed by atoms with Crippen molar-refractivity contribution in [2.24, 2.45) is 0 Å². The molecule has 5 nitrogen and oxygen atoms in total. The number of benzene rings is 1. The van der Waals surface area contributed by atoms with E-state index in [0.29, 0.717) is 23.6 Å². The van der Waals surface area contributed by atoms with E-state index < -0.39 is 10.0 Å². The maximum Gasteiger partial charge on any atom is 0.248 e. The highest BCUT2D eigenvalue weighted by Gasteiger charge is 2.30. The third-order valence-corrected chi connectivity index (χ3v) is 7.00. The SMILES string of the molecule is O=S(=O)(c1cnc2cc(Cl)c(Cl)cc2c1O)N1CCSCC1. The van der Waals surface area contributed by atoms with Crippen LogP contribution in [0.5, 0.6) is 5.75 Å². The van der Waals surface area contributed by atoms with Gasteiger partial charge in [0.05, 0.1) is 21.8 Å². The Kier molecular flexibility index (Phi) is 4.44. The lowest BCUT2D eigenvalue weighted by atomic mass is 10.2. The molecule has 0 spiro atoms. The molecule has 1 aromatic heterocycles. The molecule has 0 saturated carbocycles. The number of aromatic hydroxyl groups is 1. The molecule has 0 radical (unpaired) electrons. The molecule has 0 atom stereocenters. The van der Waals surface area contributed by atoms with Gasteiger partial charge in [0.15, 0.2) is 0 Å². The summed E-state index contributed by atoms with van der Waals surface area (Å²) < 4.78 is 26.7. The second kappa shape index (κ2) is 6.05. The highest BCUT2D eigenvalue weighted by Crippen LogP contribution is 2.36. The first-order valence-electron chi connectivity index (χ1n) is 6.46. The van der Waals surface area contributed by atoms with Crippen LogP contribution in [0.1, 0.15) is 0 Å². The molecule has 0 unspecified atom stereocenters. The summed E-state index contributed by atoms with van der Waals surface area (Å²) in [5, 5.41) is 11.2. The average molecular weight is 379 g/mol. The molecule has 0 aliphatic carbocycles. The number of sulfonamides is 1. The number of aromatic nitrogens is 1. The number of hydrogen-bond donors (Lipinski definition) is 1. The third-order valence-electron chi connectivity index (χ3n) is 3.44. The first kappa shape index (κ1) is 16.1. The first-order chi connectivity index (χ1) is 10.4. The Bertz CT molecular complexity index is 837. The Balaban J connectivity index is 2.15. The molecule has 3 rings (SSSR count). The number of thioether (sulfide) groups is 1. The van der Waals surface area contributed by atoms with E-state index in [0.717, 1.165) is 11.5 Å². The molecule has 0 amide bonds. The fourth-order valence-corrected chi connectivity index (χ4v) is 5.21. The van der Waals surface area contributed by atoms with Gasteiger partial charge < -0.3 is 5.11 Å². The van der Waals surface area contributed by atoms with E-state index in [1.54, 1.807) is 11.8 Å². The van der Waals surface area contributed by atoms with Gasteiger partial charge in [0.2, 0.25) is 10.0 Å². The van der Waals surface area contributed by atoms with Gasteiger partial charge in [-0.3, -0.25) is 4.98 Å². The molecule has 1 N–H and O–H groups in total. The summed E-state index contributed by atoms with van der Waals surface area (Å²) in [5.41, 5.74) is 0.389. The van der Waals surface area contributed by atoms with E-state index >= 15 is 0 Å². The molecule has 118 valence electrons. The summed E-state index contributed by atoms with van der Waals surface area (Å²) in [7, 11) is -3.78. The molecular formula is C13H12Cl2N2O3S2. The molecule has 2 heterocycles. The number of rotatable bonds is 2. The Morgan fingerprint density at radius 2 is 1.82 bits per heavy atom. The fourth-order valence-electron chi connectivity index (χ4n) is 2.27. The van der Waals surface area contributed by atoms with E-state index in [-0.39, 0.29) is 21.1 Å². The molecule has 9 heteroatoms. The zero-order valence-electron chi connectivity index (χ0n) is 11.3. The molecule has 1 aliphatic heterocycles. The van der Waals surface area contributed by atoms with Crippen molar-refractivity contribution in [3.05, 3.63) is 28.4 Å². The largest absolute Gasteiger partial charge is 0.506 e. The normalized spacial score (nSPS) is 17.0. The van der Waals surface area contributed by atoms with Crippen molar-refractivity contribution in [3.8, 4) is 5.75 Å². The first-order valence-corrected chi connectivity index (χ1v) is 9.81. The van der Waals surface area contributed by atoms with Crippen molar-refractivity contribution in [3.63, 3.8) is 0 Å². The van der Waals surface area contributed by atoms with Crippen molar-refractivity contribution in [1.29, 1.82) is 0 Å². The molecule has 2 aromatic rings. The monoisotopic (exact) mass is 378 g/mol. The van der Waals surface area contributed by atoms with Crippen molar-refractivity contribution < 1.29 is 13.5 Å². The maximum atomic E-state index is 12.7. The minimum atomic E-state index is -3.78. The van der Waals surface area contributed by atoms with Crippen LogP contribution in [0.3, 0.4) is 0 Å². The quantitative estimate of drug-likeness (QED) is 0.869. The summed E-state index contributed by atoms with van der Waals surface area (Å²) >= 11 is 13.6. The molecule has 1 aliphatic rings. The highest BCUT2D eigenvalue weighted by atomic mass is 35.5. The maximum absolute atomic E-state index is 12.7. The Morgan fingerprint density at radius 1 is 1.18 bits per heavy atom. The minimum Gasteiger partial charge on any atom is -0.506 e. The van der Waals surface area contributed by atoms with Crippen LogP contribution in [-0.2, 0) is 10.0 Å². The van der Waals surface area contributed by atoms with Crippen LogP contribution in [-0.4, -0.2) is 47.4 Å². The van der Waals surface area contributed by atoms with Crippen molar-refractivity contribution in [1.82, 2.24) is 9.29 Å². The van der Waals surface area contributed by atoms with Crippen molar-refractivity contribution >= 4 is 55.9 Å². The number of hydrogen-bond acceptors (Lipinski definition) is 5. The summed E-state index contributed by atoms with van der Waals surface area (Å²) in [6.45, 7) is 0.845. The average Bonchev–Trinajstić information content (AvgIpc) is 2.50. The standard InChI is InChI=1S/C13H12Cl2N2O3S2/c14-9-5-8-11(6-10(9)15)16-7-12(13(8)18)22(19,20)17-1-3-21-4-2-17/h5-7H,1-4H2,(H,16,18). The van der Waals surface area contributed by atoms with Gasteiger partial charge in [-0.1, -0.05) is 23.2 Å². The van der Waals surface area contributed by atoms with Crippen LogP contribution in [0, 0.1) is 0 Å². The predicted octanol–water partition coefficient (Wildman–Crippen LogP) is 2.98. The van der Waals surface area contributed by atoms with Crippen LogP contribution >= 0.6 is 35.0 Å². The number of fused-ring (bicyclic) bond motifs is 1. The van der Waals surface area contributed by atoms with Crippen molar-refractivity contribution in [2.45, 2.75) is 4.90 Å². The second-order valence-corrected chi connectivity index (χ2v) is 8.72. The lowest BCUT2D eigenvalue weighted by Crippen LogP contribution is -2.37. The fraction of sp³-hybridized carbons (Fsp3) is 0.308. The van der Waals surface area contributed by atoms with E-state index in [1.165, 1.54) is 22.6 Å². The van der Waals surface area contributed by atoms with Gasteiger partial charge in [0, 0.05) is 30.0 Å². The van der Waals surface area contributed by atoms with Crippen LogP contribution < -0.4 is 0 Å². The summed E-state index contributed by atoms with van der Waals surface area (Å²) in [6.07, 6.45) is 1.17. The third kappa shape index (κ3) is 2.76. The molecule has 1 fully saturated rings. The summed E-state index contributed by atoms with van der Waals surface area (Å²) in [4.78, 5) is 3.89. The van der Waals surface area contributed by atoms with E-state index in [2.05, 4.69) is 4.98 Å². The lowest BCUT2D eigenvalue weighted by molar-refractivity contribution is 0.429. The predicted molar refractivity (Wildman–Crippen MR) is 89.5 cm³/mol. The smallest absolute Gasteiger partial charge is 0.248 e. The Hall–Kier alpha value is -0.730. The number of nitrogens with zero attached hydrogens (tertiary/aromatic N) is 2. The van der Waals surface area contributed by atoms with Gasteiger partial charge in [-0.2, -0.15) is 16.1 Å². The lowest BCUT2D eigenvalue weighted by Gasteiger charge is -2.25. The van der Waals surface area contributed by atoms with Gasteiger partial charge in [-0.25, -0.2) is 8.42 Å². The molecular weight excluding hydrogens is 367 g/mol. The van der Waals surface area contributed by atoms with Crippen LogP contribution in [0.25, 0.3) is 10.9 Å². The summed E-state index contributed by atoms with van der Waals surface area (Å²) in [5.74, 6) is 1.13. The zero-order chi connectivity index (χ0) is 15.9. The number of pyridine rings is 1. The van der Waals surface area contributed by atoms with Crippen LogP contribution in [0.15, 0.2) is 23.2 Å². The molecule has 1 saturated heterocycles.